The number of nitrogens with one attached hydrogen (secondary N) is 1. The first kappa shape index (κ1) is 14.3. The van der Waals surface area contributed by atoms with E-state index in [4.69, 9.17) is 23.2 Å². The van der Waals surface area contributed by atoms with Crippen LogP contribution in [-0.2, 0) is 0 Å². The van der Waals surface area contributed by atoms with Gasteiger partial charge in [0.1, 0.15) is 5.82 Å². The Morgan fingerprint density at radius 1 is 1.11 bits per heavy atom. The SMILES string of the molecule is O=C(Nc1cc(Cl)cc(Cl)c1)c1ccc(F)c(Br)c1. The van der Waals surface area contributed by atoms with Gasteiger partial charge < -0.3 is 5.32 Å². The van der Waals surface area contributed by atoms with Crippen molar-refractivity contribution >= 4 is 50.7 Å². The zero-order chi connectivity index (χ0) is 14.0. The van der Waals surface area contributed by atoms with Crippen LogP contribution in [0.5, 0.6) is 0 Å². The van der Waals surface area contributed by atoms with Gasteiger partial charge in [-0.25, -0.2) is 4.39 Å². The van der Waals surface area contributed by atoms with Crippen molar-refractivity contribution in [3.8, 4) is 0 Å². The molecule has 0 atom stereocenters. The number of hydrogen-bond acceptors (Lipinski definition) is 1. The molecule has 2 aromatic rings. The molecule has 0 saturated heterocycles. The Morgan fingerprint density at radius 2 is 1.74 bits per heavy atom. The lowest BCUT2D eigenvalue weighted by molar-refractivity contribution is 0.102. The van der Waals surface area contributed by atoms with Gasteiger partial charge in [0.2, 0.25) is 0 Å². The molecule has 0 saturated carbocycles. The predicted molar refractivity (Wildman–Crippen MR) is 78.5 cm³/mol. The molecule has 2 rings (SSSR count). The standard InChI is InChI=1S/C13H7BrCl2FNO/c14-11-3-7(1-2-12(11)17)13(19)18-10-5-8(15)4-9(16)6-10/h1-6H,(H,18,19). The number of carbonyl (C=O) groups is 1. The van der Waals surface area contributed by atoms with Gasteiger partial charge in [0, 0.05) is 21.3 Å². The van der Waals surface area contributed by atoms with Gasteiger partial charge in [-0.2, -0.15) is 0 Å². The van der Waals surface area contributed by atoms with Gasteiger partial charge in [-0.15, -0.1) is 0 Å². The van der Waals surface area contributed by atoms with Crippen molar-refractivity contribution in [2.45, 2.75) is 0 Å². The fourth-order valence-corrected chi connectivity index (χ4v) is 2.37. The molecule has 0 aliphatic heterocycles. The van der Waals surface area contributed by atoms with Crippen molar-refractivity contribution in [2.75, 3.05) is 5.32 Å². The smallest absolute Gasteiger partial charge is 0.255 e. The van der Waals surface area contributed by atoms with E-state index in [9.17, 15) is 9.18 Å². The van der Waals surface area contributed by atoms with Crippen molar-refractivity contribution in [2.24, 2.45) is 0 Å². The summed E-state index contributed by atoms with van der Waals surface area (Å²) >= 11 is 14.7. The second-order valence-corrected chi connectivity index (χ2v) is 5.47. The van der Waals surface area contributed by atoms with Gasteiger partial charge >= 0.3 is 0 Å². The van der Waals surface area contributed by atoms with E-state index in [-0.39, 0.29) is 10.4 Å². The van der Waals surface area contributed by atoms with E-state index < -0.39 is 5.82 Å². The number of anilines is 1. The van der Waals surface area contributed by atoms with Gasteiger partial charge in [0.25, 0.3) is 5.91 Å². The van der Waals surface area contributed by atoms with Crippen molar-refractivity contribution in [1.82, 2.24) is 0 Å². The van der Waals surface area contributed by atoms with E-state index in [1.54, 1.807) is 18.2 Å². The molecule has 98 valence electrons. The minimum absolute atomic E-state index is 0.226. The topological polar surface area (TPSA) is 29.1 Å². The van der Waals surface area contributed by atoms with Crippen LogP contribution in [0.1, 0.15) is 10.4 Å². The molecule has 0 aliphatic rings. The molecule has 2 aromatic carbocycles. The minimum atomic E-state index is -0.428. The van der Waals surface area contributed by atoms with Crippen LogP contribution >= 0.6 is 39.1 Å². The van der Waals surface area contributed by atoms with Gasteiger partial charge in [0.15, 0.2) is 0 Å². The Kier molecular flexibility index (Phi) is 4.45. The lowest BCUT2D eigenvalue weighted by atomic mass is 10.2. The lowest BCUT2D eigenvalue weighted by Crippen LogP contribution is -2.12. The first-order valence-corrected chi connectivity index (χ1v) is 6.73. The third-order valence-electron chi connectivity index (χ3n) is 2.30. The predicted octanol–water partition coefficient (Wildman–Crippen LogP) is 5.15. The van der Waals surface area contributed by atoms with Crippen LogP contribution in [0.3, 0.4) is 0 Å². The van der Waals surface area contributed by atoms with E-state index in [0.29, 0.717) is 21.3 Å². The highest BCUT2D eigenvalue weighted by Gasteiger charge is 2.09. The number of benzene rings is 2. The molecule has 0 spiro atoms. The first-order valence-electron chi connectivity index (χ1n) is 5.18. The fourth-order valence-electron chi connectivity index (χ4n) is 1.47. The zero-order valence-electron chi connectivity index (χ0n) is 9.38. The molecule has 1 N–H and O–H groups in total. The highest BCUT2D eigenvalue weighted by atomic mass is 79.9. The van der Waals surface area contributed by atoms with Gasteiger partial charge in [0.05, 0.1) is 4.47 Å². The first-order chi connectivity index (χ1) is 8.95. The molecule has 0 aliphatic carbocycles. The molecular formula is C13H7BrCl2FNO. The number of hydrogen-bond donors (Lipinski definition) is 1. The quantitative estimate of drug-likeness (QED) is 0.786. The normalized spacial score (nSPS) is 10.3. The highest BCUT2D eigenvalue weighted by Crippen LogP contribution is 2.23. The summed E-state index contributed by atoms with van der Waals surface area (Å²) in [6.07, 6.45) is 0. The van der Waals surface area contributed by atoms with Gasteiger partial charge in [-0.1, -0.05) is 23.2 Å². The van der Waals surface area contributed by atoms with Crippen LogP contribution in [0.15, 0.2) is 40.9 Å². The highest BCUT2D eigenvalue weighted by molar-refractivity contribution is 9.10. The van der Waals surface area contributed by atoms with Crippen molar-refractivity contribution in [1.29, 1.82) is 0 Å². The summed E-state index contributed by atoms with van der Waals surface area (Å²) in [5.74, 6) is -0.804. The summed E-state index contributed by atoms with van der Waals surface area (Å²) < 4.78 is 13.3. The molecule has 0 fully saturated rings. The molecular weight excluding hydrogens is 356 g/mol. The molecule has 0 radical (unpaired) electrons. The van der Waals surface area contributed by atoms with Crippen LogP contribution in [0.4, 0.5) is 10.1 Å². The number of rotatable bonds is 2. The number of carbonyl (C=O) groups excluding carboxylic acids is 1. The fraction of sp³-hybridized carbons (Fsp3) is 0. The Morgan fingerprint density at radius 3 is 2.32 bits per heavy atom. The summed E-state index contributed by atoms with van der Waals surface area (Å²) in [5, 5.41) is 3.47. The van der Waals surface area contributed by atoms with Crippen molar-refractivity contribution in [3.05, 3.63) is 62.3 Å². The van der Waals surface area contributed by atoms with Gasteiger partial charge in [-0.3, -0.25) is 4.79 Å². The molecule has 0 bridgehead atoms. The van der Waals surface area contributed by atoms with E-state index in [1.807, 2.05) is 0 Å². The van der Waals surface area contributed by atoms with E-state index in [2.05, 4.69) is 21.2 Å². The van der Waals surface area contributed by atoms with Crippen LogP contribution in [-0.4, -0.2) is 5.91 Å². The maximum absolute atomic E-state index is 13.1. The van der Waals surface area contributed by atoms with E-state index >= 15 is 0 Å². The molecule has 1 amide bonds. The molecule has 0 heterocycles. The van der Waals surface area contributed by atoms with Crippen molar-refractivity contribution in [3.63, 3.8) is 0 Å². The summed E-state index contributed by atoms with van der Waals surface area (Å²) in [5.41, 5.74) is 0.798. The molecule has 19 heavy (non-hydrogen) atoms. The largest absolute Gasteiger partial charge is 0.322 e. The third-order valence-corrected chi connectivity index (χ3v) is 3.35. The average molecular weight is 363 g/mol. The Labute approximate surface area is 127 Å². The zero-order valence-corrected chi connectivity index (χ0v) is 12.5. The number of amides is 1. The maximum atomic E-state index is 13.1. The molecule has 2 nitrogen and oxygen atoms in total. The van der Waals surface area contributed by atoms with Crippen LogP contribution in [0.2, 0.25) is 10.0 Å². The summed E-state index contributed by atoms with van der Waals surface area (Å²) in [7, 11) is 0. The lowest BCUT2D eigenvalue weighted by Gasteiger charge is -2.07. The molecule has 0 aromatic heterocycles. The minimum Gasteiger partial charge on any atom is -0.322 e. The van der Waals surface area contributed by atoms with E-state index in [1.165, 1.54) is 18.2 Å². The van der Waals surface area contributed by atoms with Crippen LogP contribution in [0.25, 0.3) is 0 Å². The van der Waals surface area contributed by atoms with Crippen LogP contribution < -0.4 is 5.32 Å². The molecule has 0 unspecified atom stereocenters. The Hall–Kier alpha value is -1.10. The molecule has 6 heteroatoms. The third kappa shape index (κ3) is 3.69. The van der Waals surface area contributed by atoms with E-state index in [0.717, 1.165) is 0 Å². The van der Waals surface area contributed by atoms with Crippen LogP contribution in [0, 0.1) is 5.82 Å². The summed E-state index contributed by atoms with van der Waals surface area (Å²) in [6, 6.07) is 8.71. The van der Waals surface area contributed by atoms with Gasteiger partial charge in [-0.05, 0) is 52.3 Å². The Balaban J connectivity index is 2.22. The number of halogens is 4. The summed E-state index contributed by atoms with van der Waals surface area (Å²) in [4.78, 5) is 12.0. The average Bonchev–Trinajstić information content (AvgIpc) is 2.31. The Bertz CT molecular complexity index is 628. The maximum Gasteiger partial charge on any atom is 0.255 e. The second-order valence-electron chi connectivity index (χ2n) is 3.74. The summed E-state index contributed by atoms with van der Waals surface area (Å²) in [6.45, 7) is 0. The second kappa shape index (κ2) is 5.90. The monoisotopic (exact) mass is 361 g/mol. The van der Waals surface area contributed by atoms with Crippen molar-refractivity contribution < 1.29 is 9.18 Å².